The molecule has 6 heteroatoms. The fourth-order valence-corrected chi connectivity index (χ4v) is 4.07. The molecule has 3 rings (SSSR count). The molecule has 0 unspecified atom stereocenters. The minimum Gasteiger partial charge on any atom is -0.383 e. The molecule has 1 aromatic rings. The molecule has 0 radical (unpaired) electrons. The zero-order valence-corrected chi connectivity index (χ0v) is 14.6. The fourth-order valence-electron chi connectivity index (χ4n) is 4.07. The van der Waals surface area contributed by atoms with Crippen molar-refractivity contribution < 1.29 is 14.3 Å². The molecule has 0 aliphatic carbocycles. The lowest BCUT2D eigenvalue weighted by atomic mass is 9.88. The highest BCUT2D eigenvalue weighted by atomic mass is 16.5. The number of nitrogens with zero attached hydrogens (tertiary/aromatic N) is 3. The molecule has 0 saturated carbocycles. The maximum Gasteiger partial charge on any atom is 0.270 e. The fraction of sp³-hybridized carbons (Fsp3) is 0.667. The highest BCUT2D eigenvalue weighted by Gasteiger charge is 2.38. The van der Waals surface area contributed by atoms with Crippen LogP contribution in [0.5, 0.6) is 0 Å². The van der Waals surface area contributed by atoms with Crippen molar-refractivity contribution in [3.05, 3.63) is 24.0 Å². The number of ether oxygens (including phenoxy) is 1. The van der Waals surface area contributed by atoms with Crippen molar-refractivity contribution in [3.63, 3.8) is 0 Å². The number of methoxy groups -OCH3 is 1. The van der Waals surface area contributed by atoms with E-state index in [0.717, 1.165) is 31.5 Å². The third-order valence-corrected chi connectivity index (χ3v) is 5.37. The number of hydrogen-bond acceptors (Lipinski definition) is 3. The lowest BCUT2D eigenvalue weighted by Crippen LogP contribution is -2.53. The molecule has 1 aromatic heterocycles. The van der Waals surface area contributed by atoms with Gasteiger partial charge in [0.15, 0.2) is 0 Å². The topological polar surface area (TPSA) is 54.8 Å². The number of rotatable bonds is 4. The summed E-state index contributed by atoms with van der Waals surface area (Å²) in [7, 11) is 3.57. The van der Waals surface area contributed by atoms with Gasteiger partial charge in [-0.15, -0.1) is 0 Å². The van der Waals surface area contributed by atoms with Gasteiger partial charge in [0.2, 0.25) is 5.91 Å². The van der Waals surface area contributed by atoms with Crippen LogP contribution in [-0.4, -0.2) is 65.6 Å². The highest BCUT2D eigenvalue weighted by molar-refractivity contribution is 5.92. The maximum absolute atomic E-state index is 12.8. The minimum atomic E-state index is 0.0972. The number of fused-ring (bicyclic) bond motifs is 1. The molecule has 24 heavy (non-hydrogen) atoms. The zero-order valence-electron chi connectivity index (χ0n) is 14.6. The van der Waals surface area contributed by atoms with Gasteiger partial charge in [0.05, 0.1) is 6.61 Å². The highest BCUT2D eigenvalue weighted by Crippen LogP contribution is 2.31. The largest absolute Gasteiger partial charge is 0.383 e. The Labute approximate surface area is 143 Å². The number of aromatic nitrogens is 1. The number of piperidine rings is 1. The average Bonchev–Trinajstić information content (AvgIpc) is 2.94. The number of carbonyl (C=O) groups excluding carboxylic acids is 2. The van der Waals surface area contributed by atoms with Crippen molar-refractivity contribution >= 4 is 11.8 Å². The van der Waals surface area contributed by atoms with Crippen molar-refractivity contribution in [1.29, 1.82) is 0 Å². The van der Waals surface area contributed by atoms with Gasteiger partial charge in [0.1, 0.15) is 5.69 Å². The van der Waals surface area contributed by atoms with E-state index in [4.69, 9.17) is 4.74 Å². The van der Waals surface area contributed by atoms with Gasteiger partial charge in [-0.25, -0.2) is 0 Å². The van der Waals surface area contributed by atoms with Crippen LogP contribution in [0.25, 0.3) is 0 Å². The SMILES string of the molecule is COCCN1C(=O)CCC[C@H]2CN(C(=O)c3cccn3C)CC[C@H]21. The monoisotopic (exact) mass is 333 g/mol. The lowest BCUT2D eigenvalue weighted by molar-refractivity contribution is -0.135. The molecular formula is C18H27N3O3. The van der Waals surface area contributed by atoms with Crippen LogP contribution in [-0.2, 0) is 16.6 Å². The normalized spacial score (nSPS) is 24.7. The van der Waals surface area contributed by atoms with Crippen molar-refractivity contribution in [2.24, 2.45) is 13.0 Å². The summed E-state index contributed by atoms with van der Waals surface area (Å²) in [6, 6.07) is 4.01. The molecule has 0 bridgehead atoms. The van der Waals surface area contributed by atoms with Crippen LogP contribution in [0.4, 0.5) is 0 Å². The Kier molecular flexibility index (Phi) is 5.23. The summed E-state index contributed by atoms with van der Waals surface area (Å²) >= 11 is 0. The molecule has 2 aliphatic heterocycles. The molecule has 0 spiro atoms. The van der Waals surface area contributed by atoms with Gasteiger partial charge in [-0.2, -0.15) is 0 Å². The number of hydrogen-bond donors (Lipinski definition) is 0. The van der Waals surface area contributed by atoms with Crippen molar-refractivity contribution in [1.82, 2.24) is 14.4 Å². The summed E-state index contributed by atoms with van der Waals surface area (Å²) in [5, 5.41) is 0. The summed E-state index contributed by atoms with van der Waals surface area (Å²) in [6.07, 6.45) is 5.29. The standard InChI is InChI=1S/C18H27N3O3/c1-19-9-4-6-16(19)18(23)20-10-8-15-14(13-20)5-3-7-17(22)21(15)11-12-24-2/h4,6,9,14-15H,3,5,7-8,10-13H2,1-2H3/t14-,15+/m0/s1. The van der Waals surface area contributed by atoms with Crippen LogP contribution in [0.15, 0.2) is 18.3 Å². The first-order valence-electron chi connectivity index (χ1n) is 8.81. The van der Waals surface area contributed by atoms with Crippen LogP contribution >= 0.6 is 0 Å². The molecule has 0 aromatic carbocycles. The average molecular weight is 333 g/mol. The van der Waals surface area contributed by atoms with Crippen LogP contribution in [0, 0.1) is 5.92 Å². The summed E-state index contributed by atoms with van der Waals surface area (Å²) in [4.78, 5) is 29.1. The molecule has 2 amide bonds. The summed E-state index contributed by atoms with van der Waals surface area (Å²) in [6.45, 7) is 2.68. The zero-order chi connectivity index (χ0) is 17.1. The van der Waals surface area contributed by atoms with Crippen LogP contribution < -0.4 is 0 Å². The van der Waals surface area contributed by atoms with Crippen LogP contribution in [0.2, 0.25) is 0 Å². The van der Waals surface area contributed by atoms with Crippen LogP contribution in [0.3, 0.4) is 0 Å². The third kappa shape index (κ3) is 3.34. The van der Waals surface area contributed by atoms with E-state index in [2.05, 4.69) is 0 Å². The van der Waals surface area contributed by atoms with E-state index in [1.54, 1.807) is 7.11 Å². The van der Waals surface area contributed by atoms with Gasteiger partial charge in [-0.05, 0) is 37.3 Å². The van der Waals surface area contributed by atoms with E-state index >= 15 is 0 Å². The maximum atomic E-state index is 12.8. The smallest absolute Gasteiger partial charge is 0.270 e. The van der Waals surface area contributed by atoms with Gasteiger partial charge in [0.25, 0.3) is 5.91 Å². The van der Waals surface area contributed by atoms with Gasteiger partial charge in [-0.1, -0.05) is 0 Å². The van der Waals surface area contributed by atoms with E-state index in [1.807, 2.05) is 39.7 Å². The number of carbonyl (C=O) groups is 2. The Hall–Kier alpha value is -1.82. The summed E-state index contributed by atoms with van der Waals surface area (Å²) in [5.74, 6) is 0.702. The molecule has 2 atom stereocenters. The van der Waals surface area contributed by atoms with Crippen molar-refractivity contribution in [3.8, 4) is 0 Å². The Morgan fingerprint density at radius 2 is 2.21 bits per heavy atom. The van der Waals surface area contributed by atoms with Gasteiger partial charge >= 0.3 is 0 Å². The first-order valence-corrected chi connectivity index (χ1v) is 8.81. The Morgan fingerprint density at radius 1 is 1.38 bits per heavy atom. The van der Waals surface area contributed by atoms with Crippen LogP contribution in [0.1, 0.15) is 36.2 Å². The van der Waals surface area contributed by atoms with Crippen molar-refractivity contribution in [2.75, 3.05) is 33.4 Å². The van der Waals surface area contributed by atoms with E-state index in [-0.39, 0.29) is 17.9 Å². The number of likely N-dealkylation sites (tertiary alicyclic amines) is 2. The van der Waals surface area contributed by atoms with E-state index < -0.39 is 0 Å². The molecule has 2 fully saturated rings. The Bertz CT molecular complexity index is 598. The molecule has 3 heterocycles. The summed E-state index contributed by atoms with van der Waals surface area (Å²) < 4.78 is 7.04. The molecular weight excluding hydrogens is 306 g/mol. The number of aryl methyl sites for hydroxylation is 1. The van der Waals surface area contributed by atoms with E-state index in [0.29, 0.717) is 32.0 Å². The molecule has 2 aliphatic rings. The first-order chi connectivity index (χ1) is 11.6. The van der Waals surface area contributed by atoms with Crippen molar-refractivity contribution in [2.45, 2.75) is 31.7 Å². The predicted octanol–water partition coefficient (Wildman–Crippen LogP) is 1.51. The van der Waals surface area contributed by atoms with E-state index in [9.17, 15) is 9.59 Å². The first kappa shape index (κ1) is 17.0. The Morgan fingerprint density at radius 3 is 2.92 bits per heavy atom. The quantitative estimate of drug-likeness (QED) is 0.839. The van der Waals surface area contributed by atoms with E-state index in [1.165, 1.54) is 0 Å². The van der Waals surface area contributed by atoms with Gasteiger partial charge < -0.3 is 19.1 Å². The van der Waals surface area contributed by atoms with Gasteiger partial charge in [0, 0.05) is 52.5 Å². The Balaban J connectivity index is 1.72. The second-order valence-corrected chi connectivity index (χ2v) is 6.84. The predicted molar refractivity (Wildman–Crippen MR) is 90.7 cm³/mol. The molecule has 2 saturated heterocycles. The minimum absolute atomic E-state index is 0.0972. The summed E-state index contributed by atoms with van der Waals surface area (Å²) in [5.41, 5.74) is 0.731. The second kappa shape index (κ2) is 7.38. The number of amides is 2. The lowest BCUT2D eigenvalue weighted by Gasteiger charge is -2.42. The molecule has 6 nitrogen and oxygen atoms in total. The van der Waals surface area contributed by atoms with Gasteiger partial charge in [-0.3, -0.25) is 9.59 Å². The molecule has 0 N–H and O–H groups in total. The third-order valence-electron chi connectivity index (χ3n) is 5.37. The second-order valence-electron chi connectivity index (χ2n) is 6.84. The molecule has 132 valence electrons.